The van der Waals surface area contributed by atoms with Gasteiger partial charge < -0.3 is 24.6 Å². The van der Waals surface area contributed by atoms with Gasteiger partial charge in [0.2, 0.25) is 12.7 Å². The van der Waals surface area contributed by atoms with Gasteiger partial charge in [0.05, 0.1) is 0 Å². The van der Waals surface area contributed by atoms with E-state index in [0.717, 1.165) is 13.1 Å². The normalized spacial score (nSPS) is 22.0. The van der Waals surface area contributed by atoms with Crippen molar-refractivity contribution >= 4 is 24.2 Å². The van der Waals surface area contributed by atoms with E-state index in [1.807, 2.05) is 9.80 Å². The second-order valence-electron chi connectivity index (χ2n) is 8.03. The molecule has 0 spiro atoms. The number of nitrogens with one attached hydrogen (secondary N) is 1. The first kappa shape index (κ1) is 21.7. The molecule has 4 rings (SSSR count). The summed E-state index contributed by atoms with van der Waals surface area (Å²) in [5.74, 6) is 2.47. The van der Waals surface area contributed by atoms with Gasteiger partial charge in [0, 0.05) is 38.2 Å². The molecule has 3 aliphatic rings. The van der Waals surface area contributed by atoms with E-state index in [2.05, 4.69) is 12.2 Å². The van der Waals surface area contributed by atoms with Crippen molar-refractivity contribution in [3.8, 4) is 11.5 Å². The van der Waals surface area contributed by atoms with Crippen LogP contribution in [0.4, 0.5) is 0 Å². The number of piperazine rings is 1. The topological polar surface area (TPSA) is 71.1 Å². The van der Waals surface area contributed by atoms with Crippen molar-refractivity contribution in [3.05, 3.63) is 23.8 Å². The predicted octanol–water partition coefficient (Wildman–Crippen LogP) is 2.15. The summed E-state index contributed by atoms with van der Waals surface area (Å²) in [5, 5.41) is 3.43. The van der Waals surface area contributed by atoms with Crippen molar-refractivity contribution in [3.63, 3.8) is 0 Å². The predicted molar refractivity (Wildman–Crippen MR) is 112 cm³/mol. The van der Waals surface area contributed by atoms with Gasteiger partial charge in [-0.15, -0.1) is 12.4 Å². The van der Waals surface area contributed by atoms with E-state index in [9.17, 15) is 9.59 Å². The molecule has 29 heavy (non-hydrogen) atoms. The largest absolute Gasteiger partial charge is 0.454 e. The van der Waals surface area contributed by atoms with Crippen LogP contribution in [0.25, 0.3) is 0 Å². The molecule has 1 aromatic rings. The molecule has 2 unspecified atom stereocenters. The SMILES string of the molecule is CC(CC(=O)N1CCN(C(=O)c2ccc3c(c2)OCO3)CC1)C1CCCNC1.Cl. The van der Waals surface area contributed by atoms with Crippen LogP contribution in [-0.2, 0) is 4.79 Å². The molecule has 0 aliphatic carbocycles. The average Bonchev–Trinajstić information content (AvgIpc) is 3.22. The molecule has 160 valence electrons. The highest BCUT2D eigenvalue weighted by Gasteiger charge is 2.28. The summed E-state index contributed by atoms with van der Waals surface area (Å²) in [7, 11) is 0. The number of benzene rings is 1. The van der Waals surface area contributed by atoms with Gasteiger partial charge in [0.1, 0.15) is 0 Å². The smallest absolute Gasteiger partial charge is 0.254 e. The molecule has 2 atom stereocenters. The van der Waals surface area contributed by atoms with Crippen LogP contribution >= 0.6 is 12.4 Å². The fourth-order valence-electron chi connectivity index (χ4n) is 4.31. The molecule has 3 heterocycles. The molecule has 1 N–H and O–H groups in total. The van der Waals surface area contributed by atoms with Gasteiger partial charge in [0.25, 0.3) is 5.91 Å². The molecule has 7 nitrogen and oxygen atoms in total. The Kier molecular flexibility index (Phi) is 7.24. The molecule has 0 aromatic heterocycles. The van der Waals surface area contributed by atoms with Crippen molar-refractivity contribution in [2.75, 3.05) is 46.1 Å². The second-order valence-corrected chi connectivity index (χ2v) is 8.03. The van der Waals surface area contributed by atoms with Crippen LogP contribution in [0.1, 0.15) is 36.5 Å². The number of amides is 2. The van der Waals surface area contributed by atoms with Crippen molar-refractivity contribution in [1.29, 1.82) is 0 Å². The Morgan fingerprint density at radius 2 is 1.86 bits per heavy atom. The van der Waals surface area contributed by atoms with Crippen molar-refractivity contribution in [2.24, 2.45) is 11.8 Å². The van der Waals surface area contributed by atoms with Gasteiger partial charge in [-0.3, -0.25) is 9.59 Å². The van der Waals surface area contributed by atoms with Crippen LogP contribution in [-0.4, -0.2) is 67.7 Å². The van der Waals surface area contributed by atoms with Gasteiger partial charge in [-0.05, 0) is 56.0 Å². The van der Waals surface area contributed by atoms with Crippen LogP contribution in [0.15, 0.2) is 18.2 Å². The first-order valence-electron chi connectivity index (χ1n) is 10.3. The van der Waals surface area contributed by atoms with Crippen LogP contribution in [0, 0.1) is 11.8 Å². The van der Waals surface area contributed by atoms with Crippen LogP contribution in [0.3, 0.4) is 0 Å². The molecule has 0 saturated carbocycles. The highest BCUT2D eigenvalue weighted by Crippen LogP contribution is 2.33. The highest BCUT2D eigenvalue weighted by molar-refractivity contribution is 5.95. The first-order chi connectivity index (χ1) is 13.6. The lowest BCUT2D eigenvalue weighted by Crippen LogP contribution is -2.51. The number of ether oxygens (including phenoxy) is 2. The van der Waals surface area contributed by atoms with Crippen LogP contribution < -0.4 is 14.8 Å². The molecular weight excluding hydrogens is 394 g/mol. The Balaban J connectivity index is 0.00000240. The zero-order valence-corrected chi connectivity index (χ0v) is 17.7. The Morgan fingerprint density at radius 1 is 1.14 bits per heavy atom. The molecule has 0 radical (unpaired) electrons. The van der Waals surface area contributed by atoms with Crippen molar-refractivity contribution in [2.45, 2.75) is 26.2 Å². The molecular formula is C21H30ClN3O4. The molecule has 2 fully saturated rings. The minimum Gasteiger partial charge on any atom is -0.454 e. The summed E-state index contributed by atoms with van der Waals surface area (Å²) in [4.78, 5) is 29.2. The molecule has 8 heteroatoms. The first-order valence-corrected chi connectivity index (χ1v) is 10.3. The standard InChI is InChI=1S/C21H29N3O4.ClH/c1-15(17-3-2-6-22-13-17)11-20(25)23-7-9-24(10-8-23)21(26)16-4-5-18-19(12-16)28-14-27-18;/h4-5,12,15,17,22H,2-3,6-11,13-14H2,1H3;1H. The van der Waals surface area contributed by atoms with Crippen LogP contribution in [0.5, 0.6) is 11.5 Å². The average molecular weight is 424 g/mol. The third-order valence-corrected chi connectivity index (χ3v) is 6.18. The highest BCUT2D eigenvalue weighted by atomic mass is 35.5. The summed E-state index contributed by atoms with van der Waals surface area (Å²) >= 11 is 0. The van der Waals surface area contributed by atoms with E-state index in [4.69, 9.17) is 9.47 Å². The number of piperidine rings is 1. The second kappa shape index (κ2) is 9.67. The molecule has 2 amide bonds. The van der Waals surface area contributed by atoms with Gasteiger partial charge in [-0.2, -0.15) is 0 Å². The Hall–Kier alpha value is -1.99. The van der Waals surface area contributed by atoms with Gasteiger partial charge in [-0.25, -0.2) is 0 Å². The van der Waals surface area contributed by atoms with Crippen LogP contribution in [0.2, 0.25) is 0 Å². The van der Waals surface area contributed by atoms with Crippen molar-refractivity contribution in [1.82, 2.24) is 15.1 Å². The number of halogens is 1. The summed E-state index contributed by atoms with van der Waals surface area (Å²) in [5.41, 5.74) is 0.599. The fraction of sp³-hybridized carbons (Fsp3) is 0.619. The minimum atomic E-state index is -0.0213. The number of carbonyl (C=O) groups excluding carboxylic acids is 2. The maximum absolute atomic E-state index is 12.8. The summed E-state index contributed by atoms with van der Waals surface area (Å²) in [6, 6.07) is 5.28. The van der Waals surface area contributed by atoms with E-state index < -0.39 is 0 Å². The Bertz CT molecular complexity index is 731. The van der Waals surface area contributed by atoms with E-state index in [-0.39, 0.29) is 31.0 Å². The number of rotatable bonds is 4. The molecule has 2 saturated heterocycles. The zero-order chi connectivity index (χ0) is 19.5. The number of carbonyl (C=O) groups is 2. The third-order valence-electron chi connectivity index (χ3n) is 6.18. The molecule has 3 aliphatic heterocycles. The lowest BCUT2D eigenvalue weighted by atomic mass is 9.85. The molecule has 1 aromatic carbocycles. The number of nitrogens with zero attached hydrogens (tertiary/aromatic N) is 2. The van der Waals surface area contributed by atoms with E-state index in [0.29, 0.717) is 61.5 Å². The zero-order valence-electron chi connectivity index (χ0n) is 16.9. The van der Waals surface area contributed by atoms with E-state index in [1.165, 1.54) is 12.8 Å². The molecule has 0 bridgehead atoms. The van der Waals surface area contributed by atoms with E-state index >= 15 is 0 Å². The summed E-state index contributed by atoms with van der Waals surface area (Å²) in [6.45, 7) is 6.84. The Labute approximate surface area is 178 Å². The maximum Gasteiger partial charge on any atom is 0.254 e. The lowest BCUT2D eigenvalue weighted by molar-refractivity contribution is -0.134. The summed E-state index contributed by atoms with van der Waals surface area (Å²) in [6.07, 6.45) is 3.01. The monoisotopic (exact) mass is 423 g/mol. The Morgan fingerprint density at radius 3 is 2.59 bits per heavy atom. The maximum atomic E-state index is 12.8. The minimum absolute atomic E-state index is 0. The van der Waals surface area contributed by atoms with Gasteiger partial charge in [0.15, 0.2) is 11.5 Å². The lowest BCUT2D eigenvalue weighted by Gasteiger charge is -2.36. The number of hydrogen-bond donors (Lipinski definition) is 1. The van der Waals surface area contributed by atoms with Crippen molar-refractivity contribution < 1.29 is 19.1 Å². The third kappa shape index (κ3) is 4.95. The van der Waals surface area contributed by atoms with Gasteiger partial charge >= 0.3 is 0 Å². The van der Waals surface area contributed by atoms with Gasteiger partial charge in [-0.1, -0.05) is 6.92 Å². The quantitative estimate of drug-likeness (QED) is 0.803. The fourth-order valence-corrected chi connectivity index (χ4v) is 4.31. The number of fused-ring (bicyclic) bond motifs is 1. The number of hydrogen-bond acceptors (Lipinski definition) is 5. The van der Waals surface area contributed by atoms with E-state index in [1.54, 1.807) is 18.2 Å². The summed E-state index contributed by atoms with van der Waals surface area (Å²) < 4.78 is 10.7.